The van der Waals surface area contributed by atoms with Crippen LogP contribution >= 0.6 is 0 Å². The summed E-state index contributed by atoms with van der Waals surface area (Å²) in [4.78, 5) is 15.3. The van der Waals surface area contributed by atoms with Crippen LogP contribution in [0.1, 0.15) is 60.5 Å². The Morgan fingerprint density at radius 3 is 2.06 bits per heavy atom. The predicted octanol–water partition coefficient (Wildman–Crippen LogP) is 7.19. The normalized spacial score (nSPS) is 23.1. The van der Waals surface area contributed by atoms with Gasteiger partial charge >= 0.3 is 0 Å². The van der Waals surface area contributed by atoms with Crippen LogP contribution in [0.4, 0.5) is 5.69 Å². The standard InChI is InChI=1S/C24H42N2O4Si2/c1-17-14-18(19-12-13-25-16-20(19)26(27)28)15-21(29-31(8,9)23(2,3)4)22(17)30-32(10,11)24(5,6)7/h12-13,15-17,21-22H,14H2,1-11H3. The Morgan fingerprint density at radius 2 is 1.56 bits per heavy atom. The van der Waals surface area contributed by atoms with Gasteiger partial charge < -0.3 is 8.85 Å². The lowest BCUT2D eigenvalue weighted by molar-refractivity contribution is -0.385. The molecule has 0 saturated carbocycles. The molecule has 0 fully saturated rings. The zero-order valence-electron chi connectivity index (χ0n) is 21.8. The number of nitrogens with zero attached hydrogens (tertiary/aromatic N) is 2. The second-order valence-corrected chi connectivity index (χ2v) is 21.7. The van der Waals surface area contributed by atoms with Gasteiger partial charge in [-0.3, -0.25) is 15.1 Å². The van der Waals surface area contributed by atoms with Gasteiger partial charge in [0.2, 0.25) is 0 Å². The summed E-state index contributed by atoms with van der Waals surface area (Å²) in [5.41, 5.74) is 1.62. The minimum Gasteiger partial charge on any atom is -0.411 e. The first-order valence-electron chi connectivity index (χ1n) is 11.5. The van der Waals surface area contributed by atoms with E-state index in [1.54, 1.807) is 12.3 Å². The Labute approximate surface area is 196 Å². The van der Waals surface area contributed by atoms with E-state index in [1.165, 1.54) is 6.20 Å². The molecule has 2 rings (SSSR count). The van der Waals surface area contributed by atoms with Crippen molar-refractivity contribution in [2.75, 3.05) is 0 Å². The van der Waals surface area contributed by atoms with Gasteiger partial charge in [0.05, 0.1) is 22.7 Å². The molecule has 1 aliphatic rings. The van der Waals surface area contributed by atoms with Gasteiger partial charge in [-0.25, -0.2) is 0 Å². The van der Waals surface area contributed by atoms with Crippen LogP contribution < -0.4 is 0 Å². The average molecular weight is 479 g/mol. The fourth-order valence-corrected chi connectivity index (χ4v) is 6.11. The zero-order valence-corrected chi connectivity index (χ0v) is 23.8. The molecule has 0 saturated heterocycles. The maximum atomic E-state index is 11.6. The van der Waals surface area contributed by atoms with Gasteiger partial charge in [0.15, 0.2) is 16.6 Å². The van der Waals surface area contributed by atoms with Gasteiger partial charge in [0.25, 0.3) is 5.69 Å². The highest BCUT2D eigenvalue weighted by Gasteiger charge is 2.47. The van der Waals surface area contributed by atoms with E-state index in [9.17, 15) is 10.1 Å². The summed E-state index contributed by atoms with van der Waals surface area (Å²) in [5.74, 6) is 0.173. The quantitative estimate of drug-likeness (QED) is 0.246. The zero-order chi connectivity index (χ0) is 24.7. The topological polar surface area (TPSA) is 74.5 Å². The maximum Gasteiger partial charge on any atom is 0.294 e. The lowest BCUT2D eigenvalue weighted by atomic mass is 9.83. The van der Waals surface area contributed by atoms with Gasteiger partial charge in [-0.1, -0.05) is 54.5 Å². The highest BCUT2D eigenvalue weighted by molar-refractivity contribution is 6.74. The number of hydrogen-bond acceptors (Lipinski definition) is 5. The molecule has 0 spiro atoms. The molecule has 0 radical (unpaired) electrons. The van der Waals surface area contributed by atoms with E-state index in [4.69, 9.17) is 8.85 Å². The van der Waals surface area contributed by atoms with Crippen LogP contribution in [0.25, 0.3) is 5.57 Å². The first-order chi connectivity index (χ1) is 14.4. The summed E-state index contributed by atoms with van der Waals surface area (Å²) in [7, 11) is -4.15. The number of pyridine rings is 1. The number of allylic oxidation sites excluding steroid dienone is 1. The number of hydrogen-bond donors (Lipinski definition) is 0. The third kappa shape index (κ3) is 5.76. The van der Waals surface area contributed by atoms with Crippen molar-refractivity contribution in [2.45, 2.75) is 103 Å². The molecule has 6 nitrogen and oxygen atoms in total. The van der Waals surface area contributed by atoms with E-state index in [-0.39, 0.29) is 38.8 Å². The Morgan fingerprint density at radius 1 is 1.03 bits per heavy atom. The average Bonchev–Trinajstić information content (AvgIpc) is 2.62. The summed E-state index contributed by atoms with van der Waals surface area (Å²) >= 11 is 0. The molecule has 3 unspecified atom stereocenters. The number of aromatic nitrogens is 1. The molecule has 0 aliphatic heterocycles. The van der Waals surface area contributed by atoms with Crippen molar-refractivity contribution >= 4 is 27.9 Å². The van der Waals surface area contributed by atoms with E-state index in [0.717, 1.165) is 5.57 Å². The molecule has 8 heteroatoms. The van der Waals surface area contributed by atoms with E-state index in [2.05, 4.69) is 85.7 Å². The van der Waals surface area contributed by atoms with Crippen LogP contribution in [0.3, 0.4) is 0 Å². The molecular weight excluding hydrogens is 436 g/mol. The van der Waals surface area contributed by atoms with E-state index < -0.39 is 16.6 Å². The highest BCUT2D eigenvalue weighted by Crippen LogP contribution is 2.45. The van der Waals surface area contributed by atoms with Gasteiger partial charge in [0.1, 0.15) is 6.20 Å². The van der Waals surface area contributed by atoms with Crippen molar-refractivity contribution in [3.05, 3.63) is 40.2 Å². The van der Waals surface area contributed by atoms with Gasteiger partial charge in [-0.2, -0.15) is 0 Å². The Bertz CT molecular complexity index is 869. The SMILES string of the molecule is CC1CC(c2ccncc2[N+](=O)[O-])=CC(O[Si](C)(C)C(C)(C)C)C1O[Si](C)(C)C(C)(C)C. The van der Waals surface area contributed by atoms with Crippen LogP contribution in [0.15, 0.2) is 24.5 Å². The monoisotopic (exact) mass is 478 g/mol. The Hall–Kier alpha value is -1.36. The number of rotatable bonds is 6. The van der Waals surface area contributed by atoms with Crippen molar-refractivity contribution in [1.29, 1.82) is 0 Å². The number of nitro groups is 1. The minimum atomic E-state index is -2.11. The van der Waals surface area contributed by atoms with Crippen LogP contribution in [0.2, 0.25) is 36.3 Å². The van der Waals surface area contributed by atoms with Crippen LogP contribution in [-0.4, -0.2) is 38.8 Å². The highest BCUT2D eigenvalue weighted by atomic mass is 28.4. The van der Waals surface area contributed by atoms with Crippen molar-refractivity contribution in [1.82, 2.24) is 4.98 Å². The Kier molecular flexibility index (Phi) is 7.66. The van der Waals surface area contributed by atoms with Gasteiger partial charge in [0, 0.05) is 6.20 Å². The molecule has 0 bridgehead atoms. The summed E-state index contributed by atoms with van der Waals surface area (Å²) in [6.07, 6.45) is 5.45. The first-order valence-corrected chi connectivity index (χ1v) is 17.3. The van der Waals surface area contributed by atoms with Gasteiger partial charge in [-0.05, 0) is 60.2 Å². The largest absolute Gasteiger partial charge is 0.411 e. The molecule has 1 heterocycles. The molecule has 32 heavy (non-hydrogen) atoms. The lowest BCUT2D eigenvalue weighted by Crippen LogP contribution is -2.54. The molecule has 0 N–H and O–H groups in total. The Balaban J connectivity index is 2.56. The molecule has 1 aliphatic carbocycles. The van der Waals surface area contributed by atoms with Gasteiger partial charge in [-0.15, -0.1) is 0 Å². The third-order valence-electron chi connectivity index (χ3n) is 7.61. The smallest absolute Gasteiger partial charge is 0.294 e. The van der Waals surface area contributed by atoms with Crippen molar-refractivity contribution < 1.29 is 13.8 Å². The fraction of sp³-hybridized carbons (Fsp3) is 0.708. The molecule has 0 aromatic carbocycles. The molecule has 180 valence electrons. The summed E-state index contributed by atoms with van der Waals surface area (Å²) in [5, 5.41) is 11.8. The molecule has 0 amide bonds. The van der Waals surface area contributed by atoms with E-state index >= 15 is 0 Å². The van der Waals surface area contributed by atoms with Crippen LogP contribution in [-0.2, 0) is 8.85 Å². The van der Waals surface area contributed by atoms with E-state index in [1.807, 2.05) is 0 Å². The van der Waals surface area contributed by atoms with Crippen LogP contribution in [0.5, 0.6) is 0 Å². The second kappa shape index (κ2) is 9.12. The molecule has 1 aromatic rings. The lowest BCUT2D eigenvalue weighted by Gasteiger charge is -2.47. The fourth-order valence-electron chi connectivity index (χ4n) is 3.47. The summed E-state index contributed by atoms with van der Waals surface area (Å²) < 4.78 is 13.8. The van der Waals surface area contributed by atoms with Crippen molar-refractivity contribution in [3.8, 4) is 0 Å². The molecule has 3 atom stereocenters. The second-order valence-electron chi connectivity index (χ2n) is 12.2. The van der Waals surface area contributed by atoms with Crippen molar-refractivity contribution in [2.24, 2.45) is 5.92 Å². The minimum absolute atomic E-state index is 0.0424. The van der Waals surface area contributed by atoms with E-state index in [0.29, 0.717) is 12.0 Å². The predicted molar refractivity (Wildman–Crippen MR) is 137 cm³/mol. The maximum absolute atomic E-state index is 11.6. The third-order valence-corrected chi connectivity index (χ3v) is 16.6. The first kappa shape index (κ1) is 26.9. The summed E-state index contributed by atoms with van der Waals surface area (Å²) in [6, 6.07) is 1.75. The van der Waals surface area contributed by atoms with Crippen LogP contribution in [0, 0.1) is 16.0 Å². The summed E-state index contributed by atoms with van der Waals surface area (Å²) in [6.45, 7) is 24.7. The van der Waals surface area contributed by atoms with Crippen molar-refractivity contribution in [3.63, 3.8) is 0 Å². The molecule has 1 aromatic heterocycles. The molecular formula is C24H42N2O4Si2.